The summed E-state index contributed by atoms with van der Waals surface area (Å²) in [5.41, 5.74) is 0.362. The van der Waals surface area contributed by atoms with Gasteiger partial charge in [-0.2, -0.15) is 0 Å². The van der Waals surface area contributed by atoms with E-state index in [0.29, 0.717) is 10.9 Å². The maximum Gasteiger partial charge on any atom is 0.338 e. The predicted octanol–water partition coefficient (Wildman–Crippen LogP) is 0.700. The number of hydrogen-bond acceptors (Lipinski definition) is 6. The molecule has 2 rings (SSSR count). The molecule has 1 aromatic carbocycles. The topological polar surface area (TPSA) is 85.2 Å². The van der Waals surface area contributed by atoms with Crippen molar-refractivity contribution >= 4 is 21.9 Å². The van der Waals surface area contributed by atoms with Gasteiger partial charge in [-0.25, -0.2) is 4.79 Å². The molecule has 6 nitrogen and oxygen atoms in total. The lowest BCUT2D eigenvalue weighted by atomic mass is 9.99. The van der Waals surface area contributed by atoms with E-state index in [0.717, 1.165) is 0 Å². The highest BCUT2D eigenvalue weighted by Crippen LogP contribution is 2.26. The van der Waals surface area contributed by atoms with Gasteiger partial charge in [-0.05, 0) is 12.1 Å². The Kier molecular flexibility index (Phi) is 5.72. The molecule has 116 valence electrons. The second kappa shape index (κ2) is 7.33. The normalized spacial score (nSPS) is 32.7. The minimum absolute atomic E-state index is 0.323. The summed E-state index contributed by atoms with van der Waals surface area (Å²) in [6.45, 7) is 0. The van der Waals surface area contributed by atoms with E-state index in [1.807, 2.05) is 0 Å². The molecule has 1 aliphatic heterocycles. The van der Waals surface area contributed by atoms with Crippen molar-refractivity contribution in [3.05, 3.63) is 35.9 Å². The van der Waals surface area contributed by atoms with Gasteiger partial charge < -0.3 is 24.4 Å². The van der Waals surface area contributed by atoms with Gasteiger partial charge in [0.1, 0.15) is 18.3 Å². The Hall–Kier alpha value is -0.990. The Balaban J connectivity index is 2.11. The minimum Gasteiger partial charge on any atom is -0.453 e. The first-order valence-electron chi connectivity index (χ1n) is 6.45. The molecule has 1 saturated heterocycles. The van der Waals surface area contributed by atoms with Crippen molar-refractivity contribution in [2.75, 3.05) is 12.4 Å². The number of carbonyl (C=O) groups excluding carboxylic acids is 1. The van der Waals surface area contributed by atoms with Gasteiger partial charge in [0.2, 0.25) is 0 Å². The molecular formula is C14H17BrO6. The van der Waals surface area contributed by atoms with Gasteiger partial charge in [-0.1, -0.05) is 34.1 Å². The van der Waals surface area contributed by atoms with E-state index < -0.39 is 36.7 Å². The fourth-order valence-electron chi connectivity index (χ4n) is 2.14. The van der Waals surface area contributed by atoms with Gasteiger partial charge in [0.05, 0.1) is 5.56 Å². The number of carbonyl (C=O) groups is 1. The van der Waals surface area contributed by atoms with Crippen LogP contribution in [0.25, 0.3) is 0 Å². The SMILES string of the molecule is CO[C@@H]1O[C@H](CBr)[C@H](OC(=O)c2ccccc2)[C@H](O)[C@H]1O. The monoisotopic (exact) mass is 360 g/mol. The zero-order chi connectivity index (χ0) is 15.4. The van der Waals surface area contributed by atoms with E-state index in [1.54, 1.807) is 30.3 Å². The van der Waals surface area contributed by atoms with Crippen LogP contribution in [0.2, 0.25) is 0 Å². The number of aliphatic hydroxyl groups excluding tert-OH is 2. The predicted molar refractivity (Wildman–Crippen MR) is 77.1 cm³/mol. The largest absolute Gasteiger partial charge is 0.453 e. The molecule has 0 bridgehead atoms. The molecule has 21 heavy (non-hydrogen) atoms. The number of halogens is 1. The van der Waals surface area contributed by atoms with Crippen LogP contribution in [0.1, 0.15) is 10.4 Å². The van der Waals surface area contributed by atoms with Crippen LogP contribution < -0.4 is 0 Å². The van der Waals surface area contributed by atoms with E-state index in [2.05, 4.69) is 15.9 Å². The molecular weight excluding hydrogens is 344 g/mol. The summed E-state index contributed by atoms with van der Waals surface area (Å²) in [6, 6.07) is 8.42. The lowest BCUT2D eigenvalue weighted by Crippen LogP contribution is -2.59. The molecule has 1 heterocycles. The summed E-state index contributed by atoms with van der Waals surface area (Å²) >= 11 is 3.24. The Morgan fingerprint density at radius 1 is 1.29 bits per heavy atom. The Bertz CT molecular complexity index is 466. The molecule has 1 aliphatic rings. The van der Waals surface area contributed by atoms with Gasteiger partial charge in [0, 0.05) is 12.4 Å². The third-order valence-corrected chi connectivity index (χ3v) is 3.92. The standard InChI is InChI=1S/C14H17BrO6/c1-19-14-11(17)10(16)12(9(7-15)20-14)21-13(18)8-5-3-2-4-6-8/h2-6,9-12,14,16-17H,7H2,1H3/t9-,10-,11-,12+,14-/m1/s1. The van der Waals surface area contributed by atoms with Gasteiger partial charge in [-0.3, -0.25) is 0 Å². The quantitative estimate of drug-likeness (QED) is 0.607. The van der Waals surface area contributed by atoms with Crippen molar-refractivity contribution in [3.63, 3.8) is 0 Å². The summed E-state index contributed by atoms with van der Waals surface area (Å²) in [5.74, 6) is -0.586. The van der Waals surface area contributed by atoms with Crippen molar-refractivity contribution in [2.24, 2.45) is 0 Å². The summed E-state index contributed by atoms with van der Waals surface area (Å²) in [7, 11) is 1.36. The van der Waals surface area contributed by atoms with Crippen LogP contribution in [-0.4, -0.2) is 59.3 Å². The van der Waals surface area contributed by atoms with Gasteiger partial charge in [-0.15, -0.1) is 0 Å². The molecule has 1 fully saturated rings. The second-order valence-electron chi connectivity index (χ2n) is 4.65. The molecule has 0 spiro atoms. The zero-order valence-corrected chi connectivity index (χ0v) is 13.0. The van der Waals surface area contributed by atoms with Crippen molar-refractivity contribution in [1.29, 1.82) is 0 Å². The van der Waals surface area contributed by atoms with Crippen molar-refractivity contribution in [3.8, 4) is 0 Å². The van der Waals surface area contributed by atoms with E-state index in [1.165, 1.54) is 7.11 Å². The highest BCUT2D eigenvalue weighted by molar-refractivity contribution is 9.09. The van der Waals surface area contributed by atoms with Crippen LogP contribution in [0.4, 0.5) is 0 Å². The van der Waals surface area contributed by atoms with Crippen LogP contribution in [0.15, 0.2) is 30.3 Å². The molecule has 0 aliphatic carbocycles. The number of hydrogen-bond donors (Lipinski definition) is 2. The van der Waals surface area contributed by atoms with E-state index >= 15 is 0 Å². The molecule has 2 N–H and O–H groups in total. The number of benzene rings is 1. The van der Waals surface area contributed by atoms with Crippen LogP contribution >= 0.6 is 15.9 Å². The van der Waals surface area contributed by atoms with Crippen LogP contribution in [0.3, 0.4) is 0 Å². The Morgan fingerprint density at radius 3 is 2.52 bits per heavy atom. The number of rotatable bonds is 4. The van der Waals surface area contributed by atoms with Crippen LogP contribution in [0, 0.1) is 0 Å². The molecule has 5 atom stereocenters. The smallest absolute Gasteiger partial charge is 0.338 e. The van der Waals surface area contributed by atoms with Gasteiger partial charge in [0.25, 0.3) is 0 Å². The third kappa shape index (κ3) is 3.61. The molecule has 0 aromatic heterocycles. The number of ether oxygens (including phenoxy) is 3. The lowest BCUT2D eigenvalue weighted by molar-refractivity contribution is -0.284. The maximum atomic E-state index is 12.1. The molecule has 0 unspecified atom stereocenters. The van der Waals surface area contributed by atoms with Gasteiger partial charge in [0.15, 0.2) is 12.4 Å². The molecule has 0 amide bonds. The van der Waals surface area contributed by atoms with Gasteiger partial charge >= 0.3 is 5.97 Å². The molecule has 0 radical (unpaired) electrons. The van der Waals surface area contributed by atoms with E-state index in [4.69, 9.17) is 14.2 Å². The highest BCUT2D eigenvalue weighted by atomic mass is 79.9. The first-order valence-corrected chi connectivity index (χ1v) is 7.57. The van der Waals surface area contributed by atoms with Crippen molar-refractivity contribution < 1.29 is 29.2 Å². The van der Waals surface area contributed by atoms with Crippen molar-refractivity contribution in [2.45, 2.75) is 30.7 Å². The Morgan fingerprint density at radius 2 is 1.95 bits per heavy atom. The fourth-order valence-corrected chi connectivity index (χ4v) is 2.66. The average Bonchev–Trinajstić information content (AvgIpc) is 2.53. The fraction of sp³-hybridized carbons (Fsp3) is 0.500. The van der Waals surface area contributed by atoms with E-state index in [9.17, 15) is 15.0 Å². The second-order valence-corrected chi connectivity index (χ2v) is 5.30. The highest BCUT2D eigenvalue weighted by Gasteiger charge is 2.46. The summed E-state index contributed by atoms with van der Waals surface area (Å²) < 4.78 is 15.7. The summed E-state index contributed by atoms with van der Waals surface area (Å²) in [5, 5.41) is 20.3. The number of aliphatic hydroxyl groups is 2. The van der Waals surface area contributed by atoms with E-state index in [-0.39, 0.29) is 0 Å². The number of alkyl halides is 1. The zero-order valence-electron chi connectivity index (χ0n) is 11.4. The number of esters is 1. The average molecular weight is 361 g/mol. The third-order valence-electron chi connectivity index (χ3n) is 3.28. The van der Waals surface area contributed by atoms with Crippen LogP contribution in [0.5, 0.6) is 0 Å². The minimum atomic E-state index is -1.29. The molecule has 7 heteroatoms. The van der Waals surface area contributed by atoms with Crippen LogP contribution in [-0.2, 0) is 14.2 Å². The lowest BCUT2D eigenvalue weighted by Gasteiger charge is -2.40. The maximum absolute atomic E-state index is 12.1. The first kappa shape index (κ1) is 16.4. The molecule has 1 aromatic rings. The summed E-state index contributed by atoms with van der Waals surface area (Å²) in [4.78, 5) is 12.1. The Labute approximate surface area is 130 Å². The summed E-state index contributed by atoms with van der Waals surface area (Å²) in [6.07, 6.45) is -5.16. The van der Waals surface area contributed by atoms with Crippen molar-refractivity contribution in [1.82, 2.24) is 0 Å². The first-order chi connectivity index (χ1) is 10.1. The molecule has 0 saturated carbocycles. The number of methoxy groups -OCH3 is 1.